The zero-order valence-corrected chi connectivity index (χ0v) is 15.5. The Morgan fingerprint density at radius 3 is 2.63 bits per heavy atom. The second-order valence-electron chi connectivity index (χ2n) is 5.95. The molecule has 0 aliphatic rings. The van der Waals surface area contributed by atoms with Crippen LogP contribution in [0.25, 0.3) is 0 Å². The van der Waals surface area contributed by atoms with Gasteiger partial charge in [-0.15, -0.1) is 0 Å². The predicted molar refractivity (Wildman–Crippen MR) is 103 cm³/mol. The standard InChI is InChI=1S/C21H23N3O3/c1-3-27-19-10-9-16(13-20(19)26-2)21(25)22-14-17-7-4-5-8-18(17)15-24-12-6-11-23-24/h4-13H,3,14-15H2,1-2H3,(H,22,25). The molecular formula is C21H23N3O3. The van der Waals surface area contributed by atoms with Gasteiger partial charge in [0.1, 0.15) is 0 Å². The quantitative estimate of drug-likeness (QED) is 0.665. The number of rotatable bonds is 8. The molecule has 0 aliphatic carbocycles. The highest BCUT2D eigenvalue weighted by atomic mass is 16.5. The Balaban J connectivity index is 1.69. The van der Waals surface area contributed by atoms with Crippen LogP contribution in [0.4, 0.5) is 0 Å². The van der Waals surface area contributed by atoms with Crippen molar-refractivity contribution < 1.29 is 14.3 Å². The molecule has 3 aromatic rings. The van der Waals surface area contributed by atoms with Crippen LogP contribution in [-0.4, -0.2) is 29.4 Å². The highest BCUT2D eigenvalue weighted by molar-refractivity contribution is 5.94. The molecule has 0 fully saturated rings. The van der Waals surface area contributed by atoms with E-state index in [1.54, 1.807) is 31.5 Å². The predicted octanol–water partition coefficient (Wildman–Crippen LogP) is 3.27. The van der Waals surface area contributed by atoms with Crippen LogP contribution in [0.15, 0.2) is 60.9 Å². The molecule has 0 aliphatic heterocycles. The maximum atomic E-state index is 12.6. The van der Waals surface area contributed by atoms with Gasteiger partial charge in [0.25, 0.3) is 5.91 Å². The van der Waals surface area contributed by atoms with Gasteiger partial charge in [-0.3, -0.25) is 9.48 Å². The lowest BCUT2D eigenvalue weighted by atomic mass is 10.1. The molecule has 3 rings (SSSR count). The second-order valence-corrected chi connectivity index (χ2v) is 5.95. The van der Waals surface area contributed by atoms with Gasteiger partial charge in [0.15, 0.2) is 11.5 Å². The largest absolute Gasteiger partial charge is 0.493 e. The van der Waals surface area contributed by atoms with E-state index in [1.807, 2.05) is 48.1 Å². The summed E-state index contributed by atoms with van der Waals surface area (Å²) in [4.78, 5) is 12.6. The van der Waals surface area contributed by atoms with Crippen LogP contribution in [-0.2, 0) is 13.1 Å². The zero-order chi connectivity index (χ0) is 19.1. The van der Waals surface area contributed by atoms with E-state index in [1.165, 1.54) is 0 Å². The second kappa shape index (κ2) is 8.89. The van der Waals surface area contributed by atoms with Crippen molar-refractivity contribution in [1.82, 2.24) is 15.1 Å². The highest BCUT2D eigenvalue weighted by Crippen LogP contribution is 2.28. The fourth-order valence-corrected chi connectivity index (χ4v) is 2.81. The third-order valence-electron chi connectivity index (χ3n) is 4.17. The van der Waals surface area contributed by atoms with Crippen LogP contribution in [0.2, 0.25) is 0 Å². The first-order valence-corrected chi connectivity index (χ1v) is 8.84. The minimum absolute atomic E-state index is 0.162. The SMILES string of the molecule is CCOc1ccc(C(=O)NCc2ccccc2Cn2cccn2)cc1OC. The summed E-state index contributed by atoms with van der Waals surface area (Å²) in [6.07, 6.45) is 3.67. The average Bonchev–Trinajstić information content (AvgIpc) is 3.20. The fraction of sp³-hybridized carbons (Fsp3) is 0.238. The summed E-state index contributed by atoms with van der Waals surface area (Å²) in [6.45, 7) is 3.54. The number of ether oxygens (including phenoxy) is 2. The molecule has 6 nitrogen and oxygen atoms in total. The third kappa shape index (κ3) is 4.67. The number of benzene rings is 2. The number of hydrogen-bond donors (Lipinski definition) is 1. The number of hydrogen-bond acceptors (Lipinski definition) is 4. The first-order valence-electron chi connectivity index (χ1n) is 8.84. The van der Waals surface area contributed by atoms with Gasteiger partial charge in [0.05, 0.1) is 20.3 Å². The van der Waals surface area contributed by atoms with Gasteiger partial charge < -0.3 is 14.8 Å². The number of carbonyl (C=O) groups is 1. The number of methoxy groups -OCH3 is 1. The summed E-state index contributed by atoms with van der Waals surface area (Å²) < 4.78 is 12.7. The highest BCUT2D eigenvalue weighted by Gasteiger charge is 2.12. The summed E-state index contributed by atoms with van der Waals surface area (Å²) >= 11 is 0. The maximum absolute atomic E-state index is 12.6. The Labute approximate surface area is 158 Å². The average molecular weight is 365 g/mol. The number of nitrogens with zero attached hydrogens (tertiary/aromatic N) is 2. The molecule has 1 heterocycles. The summed E-state index contributed by atoms with van der Waals surface area (Å²) in [5.74, 6) is 1.01. The number of carbonyl (C=O) groups excluding carboxylic acids is 1. The molecule has 0 atom stereocenters. The van der Waals surface area contributed by atoms with E-state index in [-0.39, 0.29) is 5.91 Å². The lowest BCUT2D eigenvalue weighted by Crippen LogP contribution is -2.23. The van der Waals surface area contributed by atoms with Crippen LogP contribution in [0.3, 0.4) is 0 Å². The van der Waals surface area contributed by atoms with Gasteiger partial charge in [-0.25, -0.2) is 0 Å². The Hall–Kier alpha value is -3.28. The van der Waals surface area contributed by atoms with Gasteiger partial charge in [-0.2, -0.15) is 5.10 Å². The monoisotopic (exact) mass is 365 g/mol. The molecule has 0 radical (unpaired) electrons. The van der Waals surface area contributed by atoms with Crippen LogP contribution < -0.4 is 14.8 Å². The van der Waals surface area contributed by atoms with E-state index >= 15 is 0 Å². The Bertz CT molecular complexity index is 891. The molecule has 0 unspecified atom stereocenters. The molecule has 1 aromatic heterocycles. The lowest BCUT2D eigenvalue weighted by molar-refractivity contribution is 0.0950. The first-order chi connectivity index (χ1) is 13.2. The normalized spacial score (nSPS) is 10.4. The van der Waals surface area contributed by atoms with Crippen molar-refractivity contribution in [3.05, 3.63) is 77.6 Å². The van der Waals surface area contributed by atoms with Crippen molar-refractivity contribution in [2.45, 2.75) is 20.0 Å². The van der Waals surface area contributed by atoms with Crippen molar-refractivity contribution >= 4 is 5.91 Å². The van der Waals surface area contributed by atoms with E-state index in [0.717, 1.165) is 11.1 Å². The van der Waals surface area contributed by atoms with E-state index < -0.39 is 0 Å². The topological polar surface area (TPSA) is 65.4 Å². The number of aromatic nitrogens is 2. The summed E-state index contributed by atoms with van der Waals surface area (Å²) in [5, 5.41) is 7.21. The summed E-state index contributed by atoms with van der Waals surface area (Å²) in [6, 6.07) is 15.1. The molecule has 0 saturated heterocycles. The molecule has 1 N–H and O–H groups in total. The Morgan fingerprint density at radius 2 is 1.93 bits per heavy atom. The van der Waals surface area contributed by atoms with Crippen molar-refractivity contribution in [2.24, 2.45) is 0 Å². The van der Waals surface area contributed by atoms with Gasteiger partial charge in [-0.1, -0.05) is 24.3 Å². The molecule has 27 heavy (non-hydrogen) atoms. The Morgan fingerprint density at radius 1 is 1.11 bits per heavy atom. The molecule has 6 heteroatoms. The van der Waals surface area contributed by atoms with E-state index in [9.17, 15) is 4.79 Å². The minimum Gasteiger partial charge on any atom is -0.493 e. The van der Waals surface area contributed by atoms with Crippen LogP contribution in [0.5, 0.6) is 11.5 Å². The van der Waals surface area contributed by atoms with Gasteiger partial charge in [0.2, 0.25) is 0 Å². The first kappa shape index (κ1) is 18.5. The van der Waals surface area contributed by atoms with E-state index in [0.29, 0.717) is 36.8 Å². The number of nitrogens with one attached hydrogen (secondary N) is 1. The van der Waals surface area contributed by atoms with Gasteiger partial charge >= 0.3 is 0 Å². The van der Waals surface area contributed by atoms with Crippen molar-refractivity contribution in [3.8, 4) is 11.5 Å². The van der Waals surface area contributed by atoms with E-state index in [4.69, 9.17) is 9.47 Å². The van der Waals surface area contributed by atoms with Gasteiger partial charge in [0, 0.05) is 24.5 Å². The van der Waals surface area contributed by atoms with E-state index in [2.05, 4.69) is 10.4 Å². The molecule has 0 spiro atoms. The Kier molecular flexibility index (Phi) is 6.10. The van der Waals surface area contributed by atoms with Crippen LogP contribution >= 0.6 is 0 Å². The molecular weight excluding hydrogens is 342 g/mol. The summed E-state index contributed by atoms with van der Waals surface area (Å²) in [7, 11) is 1.56. The third-order valence-corrected chi connectivity index (χ3v) is 4.17. The maximum Gasteiger partial charge on any atom is 0.251 e. The zero-order valence-electron chi connectivity index (χ0n) is 15.5. The van der Waals surface area contributed by atoms with Crippen molar-refractivity contribution in [2.75, 3.05) is 13.7 Å². The smallest absolute Gasteiger partial charge is 0.251 e. The molecule has 140 valence electrons. The summed E-state index contributed by atoms with van der Waals surface area (Å²) in [5.41, 5.74) is 2.70. The minimum atomic E-state index is -0.162. The molecule has 2 aromatic carbocycles. The van der Waals surface area contributed by atoms with Crippen LogP contribution in [0, 0.1) is 0 Å². The van der Waals surface area contributed by atoms with Crippen LogP contribution in [0.1, 0.15) is 28.4 Å². The van der Waals surface area contributed by atoms with Gasteiger partial charge in [-0.05, 0) is 42.3 Å². The lowest BCUT2D eigenvalue weighted by Gasteiger charge is -2.13. The fourth-order valence-electron chi connectivity index (χ4n) is 2.81. The molecule has 0 bridgehead atoms. The molecule has 1 amide bonds. The van der Waals surface area contributed by atoms with Crippen molar-refractivity contribution in [1.29, 1.82) is 0 Å². The number of amides is 1. The molecule has 0 saturated carbocycles. The van der Waals surface area contributed by atoms with Crippen molar-refractivity contribution in [3.63, 3.8) is 0 Å².